The first kappa shape index (κ1) is 18.8. The molecule has 0 radical (unpaired) electrons. The predicted molar refractivity (Wildman–Crippen MR) is 117 cm³/mol. The molecule has 0 bridgehead atoms. The Morgan fingerprint density at radius 1 is 0.897 bits per heavy atom. The minimum absolute atomic E-state index is 0.0559. The van der Waals surface area contributed by atoms with Gasteiger partial charge in [-0.25, -0.2) is 4.98 Å². The molecule has 1 heterocycles. The zero-order valence-corrected chi connectivity index (χ0v) is 16.1. The largest absolute Gasteiger partial charge is 0.348 e. The molecule has 0 unspecified atom stereocenters. The van der Waals surface area contributed by atoms with E-state index in [1.165, 1.54) is 0 Å². The molecule has 3 aromatic carbocycles. The maximum absolute atomic E-state index is 12.9. The molecule has 144 valence electrons. The maximum atomic E-state index is 12.9. The van der Waals surface area contributed by atoms with Gasteiger partial charge in [0, 0.05) is 17.5 Å². The average Bonchev–Trinajstić information content (AvgIpc) is 2.78. The Morgan fingerprint density at radius 2 is 1.55 bits per heavy atom. The van der Waals surface area contributed by atoms with Crippen LogP contribution in [0.3, 0.4) is 0 Å². The number of amides is 1. The summed E-state index contributed by atoms with van der Waals surface area (Å²) in [4.78, 5) is 17.6. The Hall–Kier alpha value is -3.50. The summed E-state index contributed by atoms with van der Waals surface area (Å²) in [6.07, 6.45) is 0.270. The van der Waals surface area contributed by atoms with Crippen LogP contribution in [-0.4, -0.2) is 17.4 Å². The summed E-state index contributed by atoms with van der Waals surface area (Å²) in [5.74, 6) is -0.0559. The normalized spacial score (nSPS) is 11.9. The molecule has 0 aliphatic carbocycles. The number of hydrogen-bond donors (Lipinski definition) is 2. The topological polar surface area (TPSA) is 68.0 Å². The molecule has 4 aromatic rings. The molecule has 0 saturated carbocycles. The molecule has 4 heteroatoms. The second kappa shape index (κ2) is 8.67. The fourth-order valence-corrected chi connectivity index (χ4v) is 3.53. The lowest BCUT2D eigenvalue weighted by molar-refractivity contribution is -0.121. The number of aromatic nitrogens is 1. The Kier molecular flexibility index (Phi) is 5.63. The van der Waals surface area contributed by atoms with Crippen LogP contribution in [0.1, 0.15) is 17.2 Å². The lowest BCUT2D eigenvalue weighted by Gasteiger charge is -2.18. The van der Waals surface area contributed by atoms with Crippen molar-refractivity contribution < 1.29 is 4.79 Å². The highest BCUT2D eigenvalue weighted by Crippen LogP contribution is 2.25. The van der Waals surface area contributed by atoms with Crippen molar-refractivity contribution in [2.24, 2.45) is 5.73 Å². The van der Waals surface area contributed by atoms with Crippen LogP contribution < -0.4 is 11.1 Å². The molecule has 0 aliphatic rings. The van der Waals surface area contributed by atoms with Crippen molar-refractivity contribution in [3.8, 4) is 11.3 Å². The highest BCUT2D eigenvalue weighted by Gasteiger charge is 2.15. The zero-order valence-electron chi connectivity index (χ0n) is 16.1. The summed E-state index contributed by atoms with van der Waals surface area (Å²) in [7, 11) is 0. The van der Waals surface area contributed by atoms with E-state index < -0.39 is 0 Å². The van der Waals surface area contributed by atoms with Crippen LogP contribution in [0.2, 0.25) is 0 Å². The molecule has 0 fully saturated rings. The van der Waals surface area contributed by atoms with Crippen LogP contribution >= 0.6 is 0 Å². The van der Waals surface area contributed by atoms with Crippen molar-refractivity contribution in [2.75, 3.05) is 6.54 Å². The number of carbonyl (C=O) groups is 1. The summed E-state index contributed by atoms with van der Waals surface area (Å²) in [5, 5.41) is 4.06. The minimum atomic E-state index is -0.203. The first-order valence-corrected chi connectivity index (χ1v) is 9.73. The van der Waals surface area contributed by atoms with Gasteiger partial charge in [-0.3, -0.25) is 4.79 Å². The Bertz CT molecular complexity index is 1110. The van der Waals surface area contributed by atoms with Crippen LogP contribution in [0.25, 0.3) is 22.2 Å². The van der Waals surface area contributed by atoms with Gasteiger partial charge in [0.25, 0.3) is 0 Å². The molecule has 1 atom stereocenters. The van der Waals surface area contributed by atoms with E-state index in [1.54, 1.807) is 0 Å². The van der Waals surface area contributed by atoms with Crippen LogP contribution in [0.4, 0.5) is 0 Å². The summed E-state index contributed by atoms with van der Waals surface area (Å²) in [5.41, 5.74) is 10.7. The monoisotopic (exact) mass is 381 g/mol. The van der Waals surface area contributed by atoms with Crippen LogP contribution in [0, 0.1) is 0 Å². The number of fused-ring (bicyclic) bond motifs is 1. The third kappa shape index (κ3) is 4.33. The summed E-state index contributed by atoms with van der Waals surface area (Å²) < 4.78 is 0. The van der Waals surface area contributed by atoms with E-state index in [1.807, 2.05) is 91.0 Å². The third-order valence-electron chi connectivity index (χ3n) is 5.00. The lowest BCUT2D eigenvalue weighted by Crippen LogP contribution is -2.34. The SMILES string of the molecule is NC[C@H](NC(=O)Cc1cc(-c2ccccc2)nc2ccccc12)c1ccccc1. The molecule has 3 N–H and O–H groups in total. The van der Waals surface area contributed by atoms with Crippen molar-refractivity contribution in [1.82, 2.24) is 10.3 Å². The quantitative estimate of drug-likeness (QED) is 0.524. The molecule has 0 spiro atoms. The van der Waals surface area contributed by atoms with E-state index in [-0.39, 0.29) is 18.4 Å². The van der Waals surface area contributed by atoms with Crippen LogP contribution in [-0.2, 0) is 11.2 Å². The fourth-order valence-electron chi connectivity index (χ4n) is 3.53. The first-order valence-electron chi connectivity index (χ1n) is 9.73. The lowest BCUT2D eigenvalue weighted by atomic mass is 10.0. The molecule has 29 heavy (non-hydrogen) atoms. The number of carbonyl (C=O) groups excluding carboxylic acids is 1. The Morgan fingerprint density at radius 3 is 2.28 bits per heavy atom. The van der Waals surface area contributed by atoms with E-state index in [0.29, 0.717) is 6.54 Å². The molecule has 4 rings (SSSR count). The Balaban J connectivity index is 1.63. The van der Waals surface area contributed by atoms with Crippen molar-refractivity contribution in [3.05, 3.63) is 102 Å². The number of nitrogens with zero attached hydrogens (tertiary/aromatic N) is 1. The molecular formula is C25H23N3O. The van der Waals surface area contributed by atoms with Crippen molar-refractivity contribution in [1.29, 1.82) is 0 Å². The second-order valence-corrected chi connectivity index (χ2v) is 6.99. The molecule has 0 saturated heterocycles. The number of rotatable bonds is 6. The minimum Gasteiger partial charge on any atom is -0.348 e. The maximum Gasteiger partial charge on any atom is 0.224 e. The van der Waals surface area contributed by atoms with Gasteiger partial charge in [0.15, 0.2) is 0 Å². The number of nitrogens with one attached hydrogen (secondary N) is 1. The van der Waals surface area contributed by atoms with E-state index in [0.717, 1.165) is 33.3 Å². The number of benzene rings is 3. The molecular weight excluding hydrogens is 358 g/mol. The third-order valence-corrected chi connectivity index (χ3v) is 5.00. The molecule has 0 aliphatic heterocycles. The fraction of sp³-hybridized carbons (Fsp3) is 0.120. The van der Waals surface area contributed by atoms with Crippen molar-refractivity contribution in [3.63, 3.8) is 0 Å². The van der Waals surface area contributed by atoms with Gasteiger partial charge in [-0.2, -0.15) is 0 Å². The Labute approximate surface area is 170 Å². The zero-order chi connectivity index (χ0) is 20.1. The number of para-hydroxylation sites is 1. The smallest absolute Gasteiger partial charge is 0.224 e. The van der Waals surface area contributed by atoms with E-state index >= 15 is 0 Å². The van der Waals surface area contributed by atoms with E-state index in [9.17, 15) is 4.79 Å². The summed E-state index contributed by atoms with van der Waals surface area (Å²) in [6, 6.07) is 29.6. The van der Waals surface area contributed by atoms with Gasteiger partial charge in [0.05, 0.1) is 23.7 Å². The predicted octanol–water partition coefficient (Wildman–Crippen LogP) is 4.26. The van der Waals surface area contributed by atoms with E-state index in [4.69, 9.17) is 10.7 Å². The first-order chi connectivity index (χ1) is 14.2. The van der Waals surface area contributed by atoms with Gasteiger partial charge < -0.3 is 11.1 Å². The summed E-state index contributed by atoms with van der Waals surface area (Å²) in [6.45, 7) is 0.349. The van der Waals surface area contributed by atoms with Gasteiger partial charge in [0.1, 0.15) is 0 Å². The van der Waals surface area contributed by atoms with Gasteiger partial charge in [-0.15, -0.1) is 0 Å². The highest BCUT2D eigenvalue weighted by atomic mass is 16.1. The number of nitrogens with two attached hydrogens (primary N) is 1. The molecule has 4 nitrogen and oxygen atoms in total. The number of pyridine rings is 1. The van der Waals surface area contributed by atoms with Gasteiger partial charge in [-0.1, -0.05) is 78.9 Å². The van der Waals surface area contributed by atoms with Crippen LogP contribution in [0.5, 0.6) is 0 Å². The van der Waals surface area contributed by atoms with E-state index in [2.05, 4.69) is 5.32 Å². The van der Waals surface area contributed by atoms with Crippen LogP contribution in [0.15, 0.2) is 91.0 Å². The second-order valence-electron chi connectivity index (χ2n) is 6.99. The van der Waals surface area contributed by atoms with Gasteiger partial charge in [0.2, 0.25) is 5.91 Å². The molecule has 1 amide bonds. The van der Waals surface area contributed by atoms with Gasteiger partial charge in [-0.05, 0) is 23.3 Å². The highest BCUT2D eigenvalue weighted by molar-refractivity contribution is 5.90. The van der Waals surface area contributed by atoms with Crippen molar-refractivity contribution in [2.45, 2.75) is 12.5 Å². The molecule has 1 aromatic heterocycles. The average molecular weight is 381 g/mol. The van der Waals surface area contributed by atoms with Crippen molar-refractivity contribution >= 4 is 16.8 Å². The summed E-state index contributed by atoms with van der Waals surface area (Å²) >= 11 is 0. The standard InChI is InChI=1S/C25H23N3O/c26-17-24(19-11-5-2-6-12-19)28-25(29)16-20-15-23(18-9-3-1-4-10-18)27-22-14-8-7-13-21(20)22/h1-15,24H,16-17,26H2,(H,28,29)/t24-/m0/s1. The number of hydrogen-bond acceptors (Lipinski definition) is 3. The van der Waals surface area contributed by atoms with Gasteiger partial charge >= 0.3 is 0 Å².